The molecule has 92 valence electrons. The molecule has 0 radical (unpaired) electrons. The van der Waals surface area contributed by atoms with Crippen molar-refractivity contribution in [2.45, 2.75) is 6.61 Å². The topological polar surface area (TPSA) is 52.4 Å². The lowest BCUT2D eigenvalue weighted by Crippen LogP contribution is -2.00. The predicted molar refractivity (Wildman–Crippen MR) is 71.6 cm³/mol. The summed E-state index contributed by atoms with van der Waals surface area (Å²) < 4.78 is 6.39. The van der Waals surface area contributed by atoms with Crippen LogP contribution in [0.2, 0.25) is 0 Å². The van der Waals surface area contributed by atoms with Crippen molar-refractivity contribution in [1.82, 2.24) is 0 Å². The second-order valence-electron chi connectivity index (χ2n) is 3.60. The summed E-state index contributed by atoms with van der Waals surface area (Å²) in [6.07, 6.45) is 0. The number of hydrogen-bond acceptors (Lipinski definition) is 3. The predicted octanol–water partition coefficient (Wildman–Crippen LogP) is 3.94. The van der Waals surface area contributed by atoms with Crippen molar-refractivity contribution in [3.05, 3.63) is 68.7 Å². The molecule has 0 atom stereocenters. The fourth-order valence-corrected chi connectivity index (χ4v) is 1.93. The Hall–Kier alpha value is -1.88. The number of benzene rings is 2. The summed E-state index contributed by atoms with van der Waals surface area (Å²) in [5, 5.41) is 10.8. The van der Waals surface area contributed by atoms with Gasteiger partial charge in [0.1, 0.15) is 12.4 Å². The van der Waals surface area contributed by atoms with E-state index in [1.54, 1.807) is 24.3 Å². The van der Waals surface area contributed by atoms with Crippen molar-refractivity contribution < 1.29 is 9.66 Å². The first kappa shape index (κ1) is 12.6. The molecule has 0 aliphatic heterocycles. The van der Waals surface area contributed by atoms with Gasteiger partial charge in [0.05, 0.1) is 15.0 Å². The molecule has 0 saturated carbocycles. The van der Waals surface area contributed by atoms with Gasteiger partial charge in [-0.1, -0.05) is 24.3 Å². The molecule has 4 nitrogen and oxygen atoms in total. The van der Waals surface area contributed by atoms with Gasteiger partial charge in [-0.3, -0.25) is 10.1 Å². The molecule has 0 aromatic heterocycles. The Morgan fingerprint density at radius 1 is 1.11 bits per heavy atom. The monoisotopic (exact) mass is 307 g/mol. The molecule has 0 amide bonds. The second kappa shape index (κ2) is 5.64. The quantitative estimate of drug-likeness (QED) is 0.635. The Labute approximate surface area is 112 Å². The minimum Gasteiger partial charge on any atom is -0.487 e. The average molecular weight is 308 g/mol. The van der Waals surface area contributed by atoms with Crippen LogP contribution in [-0.2, 0) is 6.61 Å². The van der Waals surface area contributed by atoms with Crippen molar-refractivity contribution in [2.24, 2.45) is 0 Å². The Kier molecular flexibility index (Phi) is 3.94. The van der Waals surface area contributed by atoms with E-state index < -0.39 is 4.92 Å². The third-order valence-corrected chi connectivity index (χ3v) is 3.06. The summed E-state index contributed by atoms with van der Waals surface area (Å²) in [7, 11) is 0. The zero-order valence-electron chi connectivity index (χ0n) is 9.38. The van der Waals surface area contributed by atoms with Gasteiger partial charge in [-0.2, -0.15) is 0 Å². The fourth-order valence-electron chi connectivity index (χ4n) is 1.53. The smallest absolute Gasteiger partial charge is 0.276 e. The van der Waals surface area contributed by atoms with Crippen LogP contribution in [0.3, 0.4) is 0 Å². The summed E-state index contributed by atoms with van der Waals surface area (Å²) in [6, 6.07) is 13.9. The van der Waals surface area contributed by atoms with E-state index in [0.717, 1.165) is 4.47 Å². The molecule has 0 N–H and O–H groups in total. The summed E-state index contributed by atoms with van der Waals surface area (Å²) in [5.41, 5.74) is 0.628. The molecular weight excluding hydrogens is 298 g/mol. The molecule has 0 heterocycles. The van der Waals surface area contributed by atoms with Gasteiger partial charge in [0.15, 0.2) is 0 Å². The molecule has 0 saturated heterocycles. The summed E-state index contributed by atoms with van der Waals surface area (Å²) in [5.74, 6) is 0.663. The number of nitrogens with zero attached hydrogens (tertiary/aromatic N) is 1. The highest BCUT2D eigenvalue weighted by molar-refractivity contribution is 9.10. The first-order valence-corrected chi connectivity index (χ1v) is 6.07. The molecule has 0 unspecified atom stereocenters. The largest absolute Gasteiger partial charge is 0.487 e. The van der Waals surface area contributed by atoms with Crippen molar-refractivity contribution in [3.63, 3.8) is 0 Å². The van der Waals surface area contributed by atoms with E-state index in [-0.39, 0.29) is 12.3 Å². The number of nitro benzene ring substituents is 1. The number of ether oxygens (including phenoxy) is 1. The molecule has 0 spiro atoms. The van der Waals surface area contributed by atoms with Crippen molar-refractivity contribution in [3.8, 4) is 5.75 Å². The molecule has 2 rings (SSSR count). The number of halogens is 1. The SMILES string of the molecule is O=[N+]([O-])c1ccccc1COc1ccccc1Br. The molecule has 0 fully saturated rings. The molecule has 0 aliphatic rings. The molecule has 5 heteroatoms. The lowest BCUT2D eigenvalue weighted by molar-refractivity contribution is -0.385. The van der Waals surface area contributed by atoms with E-state index in [1.807, 2.05) is 18.2 Å². The van der Waals surface area contributed by atoms with Gasteiger partial charge >= 0.3 is 0 Å². The molecule has 0 bridgehead atoms. The molecule has 0 aliphatic carbocycles. The average Bonchev–Trinajstić information content (AvgIpc) is 2.38. The van der Waals surface area contributed by atoms with Crippen LogP contribution in [0.1, 0.15) is 5.56 Å². The van der Waals surface area contributed by atoms with Gasteiger partial charge in [-0.25, -0.2) is 0 Å². The van der Waals surface area contributed by atoms with Crippen LogP contribution in [0.15, 0.2) is 53.0 Å². The first-order valence-electron chi connectivity index (χ1n) is 5.28. The highest BCUT2D eigenvalue weighted by Gasteiger charge is 2.12. The van der Waals surface area contributed by atoms with Crippen molar-refractivity contribution >= 4 is 21.6 Å². The van der Waals surface area contributed by atoms with Crippen LogP contribution in [0.4, 0.5) is 5.69 Å². The van der Waals surface area contributed by atoms with Crippen LogP contribution < -0.4 is 4.74 Å². The van der Waals surface area contributed by atoms with Crippen LogP contribution in [0, 0.1) is 10.1 Å². The van der Waals surface area contributed by atoms with Gasteiger partial charge in [0.2, 0.25) is 0 Å². The van der Waals surface area contributed by atoms with Gasteiger partial charge in [-0.15, -0.1) is 0 Å². The van der Waals surface area contributed by atoms with Crippen LogP contribution in [0.25, 0.3) is 0 Å². The number of nitro groups is 1. The van der Waals surface area contributed by atoms with E-state index in [4.69, 9.17) is 4.74 Å². The lowest BCUT2D eigenvalue weighted by atomic mass is 10.2. The molecular formula is C13H10BrNO3. The maximum Gasteiger partial charge on any atom is 0.276 e. The number of hydrogen-bond donors (Lipinski definition) is 0. The van der Waals surface area contributed by atoms with Gasteiger partial charge in [0, 0.05) is 6.07 Å². The van der Waals surface area contributed by atoms with Gasteiger partial charge in [0.25, 0.3) is 5.69 Å². The Balaban J connectivity index is 2.16. The lowest BCUT2D eigenvalue weighted by Gasteiger charge is -2.08. The maximum absolute atomic E-state index is 10.8. The normalized spacial score (nSPS) is 10.1. The molecule has 18 heavy (non-hydrogen) atoms. The van der Waals surface area contributed by atoms with Gasteiger partial charge < -0.3 is 4.74 Å². The highest BCUT2D eigenvalue weighted by Crippen LogP contribution is 2.26. The maximum atomic E-state index is 10.8. The van der Waals surface area contributed by atoms with Gasteiger partial charge in [-0.05, 0) is 34.1 Å². The van der Waals surface area contributed by atoms with E-state index in [2.05, 4.69) is 15.9 Å². The van der Waals surface area contributed by atoms with E-state index in [9.17, 15) is 10.1 Å². The van der Waals surface area contributed by atoms with Crippen LogP contribution >= 0.6 is 15.9 Å². The standard InChI is InChI=1S/C13H10BrNO3/c14-11-6-2-4-8-13(11)18-9-10-5-1-3-7-12(10)15(16)17/h1-8H,9H2. The van der Waals surface area contributed by atoms with Crippen molar-refractivity contribution in [1.29, 1.82) is 0 Å². The molecule has 2 aromatic rings. The second-order valence-corrected chi connectivity index (χ2v) is 4.46. The Bertz CT molecular complexity index is 572. The van der Waals surface area contributed by atoms with E-state index in [1.165, 1.54) is 6.07 Å². The van der Waals surface area contributed by atoms with Crippen LogP contribution in [-0.4, -0.2) is 4.92 Å². The van der Waals surface area contributed by atoms with Crippen LogP contribution in [0.5, 0.6) is 5.75 Å². The first-order chi connectivity index (χ1) is 8.68. The zero-order chi connectivity index (χ0) is 13.0. The summed E-state index contributed by atoms with van der Waals surface area (Å²) in [6.45, 7) is 0.166. The number of rotatable bonds is 4. The minimum atomic E-state index is -0.404. The molecule has 2 aromatic carbocycles. The summed E-state index contributed by atoms with van der Waals surface area (Å²) >= 11 is 3.36. The zero-order valence-corrected chi connectivity index (χ0v) is 11.0. The Morgan fingerprint density at radius 2 is 1.78 bits per heavy atom. The van der Waals surface area contributed by atoms with Crippen molar-refractivity contribution in [2.75, 3.05) is 0 Å². The van der Waals surface area contributed by atoms with E-state index >= 15 is 0 Å². The highest BCUT2D eigenvalue weighted by atomic mass is 79.9. The number of para-hydroxylation sites is 2. The van der Waals surface area contributed by atoms with E-state index in [0.29, 0.717) is 11.3 Å². The Morgan fingerprint density at radius 3 is 2.50 bits per heavy atom. The summed E-state index contributed by atoms with van der Waals surface area (Å²) in [4.78, 5) is 10.4. The third-order valence-electron chi connectivity index (χ3n) is 2.41. The fraction of sp³-hybridized carbons (Fsp3) is 0.0769. The minimum absolute atomic E-state index is 0.0737. The third kappa shape index (κ3) is 2.87.